The van der Waals surface area contributed by atoms with Gasteiger partial charge in [-0.3, -0.25) is 9.88 Å². The smallest absolute Gasteiger partial charge is 0.330 e. The fourth-order valence-electron chi connectivity index (χ4n) is 1.90. The van der Waals surface area contributed by atoms with Crippen molar-refractivity contribution >= 4 is 12.0 Å². The third kappa shape index (κ3) is 5.19. The molecular weight excluding hydrogens is 242 g/mol. The molecule has 5 nitrogen and oxygen atoms in total. The lowest BCUT2D eigenvalue weighted by atomic mass is 10.2. The van der Waals surface area contributed by atoms with E-state index in [2.05, 4.69) is 15.2 Å². The topological polar surface area (TPSA) is 54.5 Å². The number of hydrogen-bond donors (Lipinski definition) is 1. The third-order valence-corrected chi connectivity index (χ3v) is 2.96. The molecule has 19 heavy (non-hydrogen) atoms. The number of rotatable bonds is 5. The van der Waals surface area contributed by atoms with Crippen molar-refractivity contribution in [3.63, 3.8) is 0 Å². The van der Waals surface area contributed by atoms with Crippen LogP contribution in [0.1, 0.15) is 5.56 Å². The van der Waals surface area contributed by atoms with E-state index in [1.165, 1.54) is 6.08 Å². The van der Waals surface area contributed by atoms with E-state index in [0.29, 0.717) is 6.61 Å². The molecule has 0 amide bonds. The molecule has 1 aliphatic rings. The van der Waals surface area contributed by atoms with Crippen LogP contribution in [0.3, 0.4) is 0 Å². The van der Waals surface area contributed by atoms with Gasteiger partial charge < -0.3 is 10.1 Å². The number of pyridine rings is 1. The second-order valence-corrected chi connectivity index (χ2v) is 4.38. The fraction of sp³-hybridized carbons (Fsp3) is 0.429. The van der Waals surface area contributed by atoms with Gasteiger partial charge in [-0.05, 0) is 17.7 Å². The molecule has 0 unspecified atom stereocenters. The summed E-state index contributed by atoms with van der Waals surface area (Å²) >= 11 is 0. The van der Waals surface area contributed by atoms with Gasteiger partial charge >= 0.3 is 5.97 Å². The Morgan fingerprint density at radius 1 is 1.47 bits per heavy atom. The van der Waals surface area contributed by atoms with Crippen molar-refractivity contribution in [2.24, 2.45) is 0 Å². The maximum atomic E-state index is 11.5. The monoisotopic (exact) mass is 261 g/mol. The minimum atomic E-state index is -0.306. The van der Waals surface area contributed by atoms with E-state index < -0.39 is 0 Å². The van der Waals surface area contributed by atoms with Crippen molar-refractivity contribution in [3.05, 3.63) is 36.2 Å². The van der Waals surface area contributed by atoms with E-state index in [0.717, 1.165) is 38.3 Å². The summed E-state index contributed by atoms with van der Waals surface area (Å²) in [5.74, 6) is -0.306. The van der Waals surface area contributed by atoms with Crippen molar-refractivity contribution in [1.82, 2.24) is 15.2 Å². The number of esters is 1. The van der Waals surface area contributed by atoms with Crippen LogP contribution in [0.15, 0.2) is 30.6 Å². The maximum Gasteiger partial charge on any atom is 0.330 e. The summed E-state index contributed by atoms with van der Waals surface area (Å²) in [5, 5.41) is 3.29. The van der Waals surface area contributed by atoms with Gasteiger partial charge in [-0.1, -0.05) is 6.07 Å². The quantitative estimate of drug-likeness (QED) is 0.619. The third-order valence-electron chi connectivity index (χ3n) is 2.96. The van der Waals surface area contributed by atoms with Crippen molar-refractivity contribution < 1.29 is 9.53 Å². The Balaban J connectivity index is 1.65. The van der Waals surface area contributed by atoms with Crippen LogP contribution in [-0.2, 0) is 9.53 Å². The van der Waals surface area contributed by atoms with Crippen LogP contribution >= 0.6 is 0 Å². The normalized spacial score (nSPS) is 16.6. The summed E-state index contributed by atoms with van der Waals surface area (Å²) in [7, 11) is 0. The van der Waals surface area contributed by atoms with Crippen LogP contribution in [0, 0.1) is 0 Å². The zero-order valence-electron chi connectivity index (χ0n) is 10.9. The SMILES string of the molecule is O=C(C=Cc1cccnc1)OCCN1CCNCC1. The first kappa shape index (κ1) is 13.7. The standard InChI is InChI=1S/C14H19N3O2/c18-14(4-3-13-2-1-5-16-12-13)19-11-10-17-8-6-15-7-9-17/h1-5,12,15H,6-11H2. The van der Waals surface area contributed by atoms with Gasteiger partial charge in [0, 0.05) is 51.2 Å². The van der Waals surface area contributed by atoms with Gasteiger partial charge in [0.05, 0.1) is 0 Å². The Kier molecular flexibility index (Phi) is 5.52. The minimum absolute atomic E-state index is 0.306. The summed E-state index contributed by atoms with van der Waals surface area (Å²) in [6.07, 6.45) is 6.54. The Bertz CT molecular complexity index is 414. The molecule has 0 saturated carbocycles. The predicted molar refractivity (Wildman–Crippen MR) is 73.5 cm³/mol. The van der Waals surface area contributed by atoms with E-state index in [4.69, 9.17) is 4.74 Å². The highest BCUT2D eigenvalue weighted by Crippen LogP contribution is 1.99. The molecule has 0 aromatic carbocycles. The second-order valence-electron chi connectivity index (χ2n) is 4.38. The second kappa shape index (κ2) is 7.66. The molecule has 0 bridgehead atoms. The average molecular weight is 261 g/mol. The summed E-state index contributed by atoms with van der Waals surface area (Å²) in [6.45, 7) is 5.29. The first-order valence-electron chi connectivity index (χ1n) is 6.52. The van der Waals surface area contributed by atoms with Crippen LogP contribution < -0.4 is 5.32 Å². The lowest BCUT2D eigenvalue weighted by Gasteiger charge is -2.26. The number of piperazine rings is 1. The molecule has 1 N–H and O–H groups in total. The van der Waals surface area contributed by atoms with Gasteiger partial charge in [0.25, 0.3) is 0 Å². The first-order chi connectivity index (χ1) is 9.34. The number of carbonyl (C=O) groups is 1. The van der Waals surface area contributed by atoms with E-state index in [9.17, 15) is 4.79 Å². The largest absolute Gasteiger partial charge is 0.461 e. The fourth-order valence-corrected chi connectivity index (χ4v) is 1.90. The number of ether oxygens (including phenoxy) is 1. The lowest BCUT2D eigenvalue weighted by molar-refractivity contribution is -0.138. The highest BCUT2D eigenvalue weighted by molar-refractivity contribution is 5.86. The van der Waals surface area contributed by atoms with Gasteiger partial charge in [-0.15, -0.1) is 0 Å². The number of hydrogen-bond acceptors (Lipinski definition) is 5. The lowest BCUT2D eigenvalue weighted by Crippen LogP contribution is -2.44. The van der Waals surface area contributed by atoms with Crippen LogP contribution in [0.2, 0.25) is 0 Å². The van der Waals surface area contributed by atoms with Crippen LogP contribution in [-0.4, -0.2) is 55.2 Å². The van der Waals surface area contributed by atoms with Gasteiger partial charge in [0.15, 0.2) is 0 Å². The molecule has 1 aliphatic heterocycles. The molecule has 0 aliphatic carbocycles. The number of nitrogens with one attached hydrogen (secondary N) is 1. The van der Waals surface area contributed by atoms with Gasteiger partial charge in [-0.2, -0.15) is 0 Å². The van der Waals surface area contributed by atoms with Crippen LogP contribution in [0.5, 0.6) is 0 Å². The Morgan fingerprint density at radius 3 is 3.05 bits per heavy atom. The van der Waals surface area contributed by atoms with Crippen LogP contribution in [0.25, 0.3) is 6.08 Å². The number of carbonyl (C=O) groups excluding carboxylic acids is 1. The van der Waals surface area contributed by atoms with Gasteiger partial charge in [-0.25, -0.2) is 4.79 Å². The predicted octanol–water partition coefficient (Wildman–Crippen LogP) is 0.543. The summed E-state index contributed by atoms with van der Waals surface area (Å²) in [4.78, 5) is 17.8. The van der Waals surface area contributed by atoms with Crippen molar-refractivity contribution in [3.8, 4) is 0 Å². The maximum absolute atomic E-state index is 11.5. The molecule has 1 fully saturated rings. The average Bonchev–Trinajstić information content (AvgIpc) is 2.47. The summed E-state index contributed by atoms with van der Waals surface area (Å²) < 4.78 is 5.16. The highest BCUT2D eigenvalue weighted by atomic mass is 16.5. The molecule has 2 heterocycles. The van der Waals surface area contributed by atoms with E-state index in [1.807, 2.05) is 12.1 Å². The Morgan fingerprint density at radius 2 is 2.32 bits per heavy atom. The summed E-state index contributed by atoms with van der Waals surface area (Å²) in [5.41, 5.74) is 0.890. The molecule has 0 atom stereocenters. The minimum Gasteiger partial charge on any atom is -0.461 e. The zero-order chi connectivity index (χ0) is 13.3. The molecule has 1 aromatic heterocycles. The van der Waals surface area contributed by atoms with Gasteiger partial charge in [0.1, 0.15) is 6.61 Å². The molecule has 0 radical (unpaired) electrons. The molecule has 0 spiro atoms. The molecule has 5 heteroatoms. The number of nitrogens with zero attached hydrogens (tertiary/aromatic N) is 2. The molecule has 102 valence electrons. The highest BCUT2D eigenvalue weighted by Gasteiger charge is 2.09. The molecule has 2 rings (SSSR count). The molecule has 1 aromatic rings. The Labute approximate surface area is 113 Å². The first-order valence-corrected chi connectivity index (χ1v) is 6.52. The van der Waals surface area contributed by atoms with E-state index in [1.54, 1.807) is 18.5 Å². The molecule has 1 saturated heterocycles. The summed E-state index contributed by atoms with van der Waals surface area (Å²) in [6, 6.07) is 3.72. The van der Waals surface area contributed by atoms with Crippen molar-refractivity contribution in [2.45, 2.75) is 0 Å². The Hall–Kier alpha value is -1.72. The molecular formula is C14H19N3O2. The number of aromatic nitrogens is 1. The van der Waals surface area contributed by atoms with Crippen molar-refractivity contribution in [2.75, 3.05) is 39.3 Å². The van der Waals surface area contributed by atoms with Gasteiger partial charge in [0.2, 0.25) is 0 Å². The van der Waals surface area contributed by atoms with Crippen LogP contribution in [0.4, 0.5) is 0 Å². The van der Waals surface area contributed by atoms with Crippen molar-refractivity contribution in [1.29, 1.82) is 0 Å². The van der Waals surface area contributed by atoms with E-state index in [-0.39, 0.29) is 5.97 Å². The zero-order valence-corrected chi connectivity index (χ0v) is 10.9. The van der Waals surface area contributed by atoms with E-state index >= 15 is 0 Å².